The van der Waals surface area contributed by atoms with Crippen LogP contribution in [0.3, 0.4) is 0 Å². The molecule has 2 atom stereocenters. The Labute approximate surface area is 85.9 Å². The maximum Gasteiger partial charge on any atom is 0.256 e. The quantitative estimate of drug-likeness (QED) is 0.682. The second-order valence-corrected chi connectivity index (χ2v) is 9.79. The number of rotatable bonds is 5. The molecule has 0 saturated heterocycles. The summed E-state index contributed by atoms with van der Waals surface area (Å²) < 4.78 is 46.4. The van der Waals surface area contributed by atoms with Crippen LogP contribution in [0.15, 0.2) is 0 Å². The predicted molar refractivity (Wildman–Crippen MR) is 57.3 cm³/mol. The van der Waals surface area contributed by atoms with Crippen molar-refractivity contribution in [3.8, 4) is 0 Å². The lowest BCUT2D eigenvalue weighted by Gasteiger charge is -2.15. The Morgan fingerprint density at radius 3 is 1.14 bits per heavy atom. The van der Waals surface area contributed by atoms with Crippen LogP contribution in [0.5, 0.6) is 0 Å². The summed E-state index contributed by atoms with van der Waals surface area (Å²) in [5.74, 6) is 0. The van der Waals surface area contributed by atoms with Gasteiger partial charge in [0.1, 0.15) is 0 Å². The molecule has 0 aromatic heterocycles. The van der Waals surface area contributed by atoms with Crippen molar-refractivity contribution in [2.45, 2.75) is 51.0 Å². The number of hydrogen-bond acceptors (Lipinski definition) is 4. The molecule has 0 bridgehead atoms. The highest BCUT2D eigenvalue weighted by Gasteiger charge is 2.37. The molecule has 2 unspecified atom stereocenters. The molecule has 0 aromatic carbocycles. The van der Waals surface area contributed by atoms with Crippen molar-refractivity contribution in [3.63, 3.8) is 0 Å². The van der Waals surface area contributed by atoms with Crippen molar-refractivity contribution >= 4 is 17.7 Å². The van der Waals surface area contributed by atoms with Crippen molar-refractivity contribution in [1.82, 2.24) is 0 Å². The fraction of sp³-hybridized carbons (Fsp3) is 1.00. The molecule has 0 amide bonds. The SMILES string of the molecule is CCC(C)S(=O)(=O)S(=O)(=O)C(C)CC. The van der Waals surface area contributed by atoms with E-state index in [9.17, 15) is 16.8 Å². The molecule has 14 heavy (non-hydrogen) atoms. The highest BCUT2D eigenvalue weighted by molar-refractivity contribution is 8.67. The molecule has 0 heterocycles. The van der Waals surface area contributed by atoms with Gasteiger partial charge in [0.15, 0.2) is 0 Å². The molecule has 6 heteroatoms. The number of hydrogen-bond donors (Lipinski definition) is 0. The van der Waals surface area contributed by atoms with Gasteiger partial charge in [-0.2, -0.15) is 0 Å². The lowest BCUT2D eigenvalue weighted by molar-refractivity contribution is 0.566. The zero-order valence-corrected chi connectivity index (χ0v) is 10.7. The molecular weight excluding hydrogens is 224 g/mol. The van der Waals surface area contributed by atoms with E-state index in [0.29, 0.717) is 12.8 Å². The highest BCUT2D eigenvalue weighted by atomic mass is 33.2. The summed E-state index contributed by atoms with van der Waals surface area (Å²) in [6.45, 7) is 6.17. The Balaban J connectivity index is 5.32. The molecule has 0 saturated carbocycles. The Morgan fingerprint density at radius 1 is 0.786 bits per heavy atom. The first-order chi connectivity index (χ1) is 6.21. The van der Waals surface area contributed by atoms with E-state index in [1.807, 2.05) is 0 Å². The van der Waals surface area contributed by atoms with E-state index >= 15 is 0 Å². The third-order valence-corrected chi connectivity index (χ3v) is 9.66. The zero-order chi connectivity index (χ0) is 11.6. The summed E-state index contributed by atoms with van der Waals surface area (Å²) in [6.07, 6.45) is 0.635. The first-order valence-corrected chi connectivity index (χ1v) is 8.30. The molecule has 0 N–H and O–H groups in total. The monoisotopic (exact) mass is 242 g/mol. The van der Waals surface area contributed by atoms with Crippen LogP contribution in [0.1, 0.15) is 40.5 Å². The van der Waals surface area contributed by atoms with Gasteiger partial charge in [0, 0.05) is 0 Å². The van der Waals surface area contributed by atoms with Crippen LogP contribution in [0.4, 0.5) is 0 Å². The van der Waals surface area contributed by atoms with Gasteiger partial charge in [0.2, 0.25) is 0 Å². The van der Waals surface area contributed by atoms with Gasteiger partial charge >= 0.3 is 0 Å². The van der Waals surface area contributed by atoms with Crippen LogP contribution in [-0.2, 0) is 17.7 Å². The van der Waals surface area contributed by atoms with Crippen LogP contribution in [0, 0.1) is 0 Å². The molecular formula is C8H18O4S2. The fourth-order valence-electron chi connectivity index (χ4n) is 0.866. The Bertz CT molecular complexity index is 328. The van der Waals surface area contributed by atoms with E-state index in [2.05, 4.69) is 0 Å². The minimum Gasteiger partial charge on any atom is -0.212 e. The predicted octanol–water partition coefficient (Wildman–Crippen LogP) is 1.33. The van der Waals surface area contributed by atoms with E-state index in [1.54, 1.807) is 13.8 Å². The van der Waals surface area contributed by atoms with Crippen LogP contribution >= 0.6 is 0 Å². The largest absolute Gasteiger partial charge is 0.256 e. The molecule has 4 nitrogen and oxygen atoms in total. The first-order valence-electron chi connectivity index (χ1n) is 4.69. The van der Waals surface area contributed by atoms with Gasteiger partial charge in [0.05, 0.1) is 10.5 Å². The fourth-order valence-corrected chi connectivity index (χ4v) is 6.16. The Morgan fingerprint density at radius 2 is 1.00 bits per heavy atom. The van der Waals surface area contributed by atoms with Crippen LogP contribution in [0.2, 0.25) is 0 Å². The van der Waals surface area contributed by atoms with Gasteiger partial charge in [-0.25, -0.2) is 16.8 Å². The Hall–Kier alpha value is -0.100. The second-order valence-electron chi connectivity index (χ2n) is 3.42. The molecule has 0 aromatic rings. The van der Waals surface area contributed by atoms with E-state index in [1.165, 1.54) is 13.8 Å². The average molecular weight is 242 g/mol. The van der Waals surface area contributed by atoms with Crippen molar-refractivity contribution < 1.29 is 16.8 Å². The van der Waals surface area contributed by atoms with Gasteiger partial charge in [0.25, 0.3) is 17.7 Å². The molecule has 0 aliphatic rings. The third kappa shape index (κ3) is 2.28. The van der Waals surface area contributed by atoms with Gasteiger partial charge in [-0.05, 0) is 26.7 Å². The van der Waals surface area contributed by atoms with E-state index in [-0.39, 0.29) is 0 Å². The standard InChI is InChI=1S/C8H18O4S2/c1-5-7(3)13(9,10)14(11,12)8(4)6-2/h7-8H,5-6H2,1-4H3. The van der Waals surface area contributed by atoms with E-state index in [0.717, 1.165) is 0 Å². The molecule has 0 spiro atoms. The van der Waals surface area contributed by atoms with Crippen molar-refractivity contribution in [2.24, 2.45) is 0 Å². The Kier molecular flexibility index (Phi) is 4.58. The minimum atomic E-state index is -4.03. The van der Waals surface area contributed by atoms with E-state index in [4.69, 9.17) is 0 Å². The first kappa shape index (κ1) is 13.9. The third-order valence-electron chi connectivity index (χ3n) is 2.46. The minimum absolute atomic E-state index is 0.317. The topological polar surface area (TPSA) is 68.3 Å². The average Bonchev–Trinajstić information content (AvgIpc) is 2.14. The lowest BCUT2D eigenvalue weighted by atomic mass is 10.4. The van der Waals surface area contributed by atoms with Gasteiger partial charge in [-0.3, -0.25) is 0 Å². The highest BCUT2D eigenvalue weighted by Crippen LogP contribution is 2.20. The lowest BCUT2D eigenvalue weighted by Crippen LogP contribution is -2.32. The second kappa shape index (κ2) is 4.61. The molecule has 0 aliphatic heterocycles. The molecule has 86 valence electrons. The molecule has 0 radical (unpaired) electrons. The summed E-state index contributed by atoms with van der Waals surface area (Å²) in [7, 11) is -8.06. The van der Waals surface area contributed by atoms with Crippen LogP contribution in [-0.4, -0.2) is 27.3 Å². The maximum absolute atomic E-state index is 11.6. The molecule has 0 aliphatic carbocycles. The van der Waals surface area contributed by atoms with Gasteiger partial charge in [-0.15, -0.1) is 0 Å². The van der Waals surface area contributed by atoms with Gasteiger partial charge < -0.3 is 0 Å². The summed E-state index contributed by atoms with van der Waals surface area (Å²) in [4.78, 5) is 0. The molecule has 0 rings (SSSR count). The van der Waals surface area contributed by atoms with Crippen LogP contribution in [0.25, 0.3) is 0 Å². The maximum atomic E-state index is 11.6. The summed E-state index contributed by atoms with van der Waals surface area (Å²) in [5.41, 5.74) is 0. The van der Waals surface area contributed by atoms with Crippen molar-refractivity contribution in [1.29, 1.82) is 0 Å². The van der Waals surface area contributed by atoms with Crippen LogP contribution < -0.4 is 0 Å². The molecule has 0 fully saturated rings. The summed E-state index contributed by atoms with van der Waals surface area (Å²) in [5, 5.41) is -1.64. The van der Waals surface area contributed by atoms with E-state index < -0.39 is 28.2 Å². The summed E-state index contributed by atoms with van der Waals surface area (Å²) >= 11 is 0. The smallest absolute Gasteiger partial charge is 0.212 e. The normalized spacial score (nSPS) is 17.7. The van der Waals surface area contributed by atoms with Crippen molar-refractivity contribution in [3.05, 3.63) is 0 Å². The van der Waals surface area contributed by atoms with Gasteiger partial charge in [-0.1, -0.05) is 13.8 Å². The summed E-state index contributed by atoms with van der Waals surface area (Å²) in [6, 6.07) is 0. The van der Waals surface area contributed by atoms with Crippen molar-refractivity contribution in [2.75, 3.05) is 0 Å². The zero-order valence-electron chi connectivity index (χ0n) is 9.02.